The minimum absolute atomic E-state index is 0.185. The number of benzene rings is 1. The number of anilines is 1. The van der Waals surface area contributed by atoms with Crippen LogP contribution in [0, 0.1) is 5.41 Å². The molecule has 2 aliphatic rings. The average Bonchev–Trinajstić information content (AvgIpc) is 3.46. The molecule has 1 amide bonds. The van der Waals surface area contributed by atoms with E-state index in [0.717, 1.165) is 42.1 Å². The molecule has 0 aliphatic carbocycles. The molecule has 0 radical (unpaired) electrons. The maximum Gasteiger partial charge on any atom is 0.326 e. The predicted octanol–water partition coefficient (Wildman–Crippen LogP) is 4.53. The van der Waals surface area contributed by atoms with Crippen LogP contribution in [0.2, 0.25) is 0 Å². The Morgan fingerprint density at radius 2 is 2.03 bits per heavy atom. The van der Waals surface area contributed by atoms with Crippen LogP contribution < -0.4 is 10.1 Å². The van der Waals surface area contributed by atoms with Crippen molar-refractivity contribution < 1.29 is 19.4 Å². The van der Waals surface area contributed by atoms with Crippen molar-refractivity contribution in [2.75, 3.05) is 11.9 Å². The number of carbonyl (C=O) groups is 2. The Kier molecular flexibility index (Phi) is 6.59. The lowest BCUT2D eigenvalue weighted by Crippen LogP contribution is -2.52. The molecule has 1 saturated heterocycles. The zero-order valence-electron chi connectivity index (χ0n) is 20.9. The normalized spacial score (nSPS) is 23.1. The number of aliphatic carboxylic acids is 1. The Labute approximate surface area is 214 Å². The number of nitrogens with zero attached hydrogens (tertiary/aromatic N) is 3. The summed E-state index contributed by atoms with van der Waals surface area (Å²) in [5.74, 6) is -0.803. The first-order chi connectivity index (χ1) is 17.2. The number of pyridine rings is 1. The zero-order valence-corrected chi connectivity index (χ0v) is 21.7. The Bertz CT molecular complexity index is 1280. The summed E-state index contributed by atoms with van der Waals surface area (Å²) >= 11 is 1.48. The molecule has 5 rings (SSSR count). The molecule has 0 spiro atoms. The van der Waals surface area contributed by atoms with Gasteiger partial charge in [0.1, 0.15) is 18.2 Å². The predicted molar refractivity (Wildman–Crippen MR) is 140 cm³/mol. The number of carboxylic acid groups (broad SMARTS) is 1. The fourth-order valence-electron chi connectivity index (χ4n) is 5.02. The van der Waals surface area contributed by atoms with Gasteiger partial charge in [-0.15, -0.1) is 11.3 Å². The van der Waals surface area contributed by atoms with Crippen LogP contribution in [-0.4, -0.2) is 56.6 Å². The highest BCUT2D eigenvalue weighted by Gasteiger charge is 2.45. The topological polar surface area (TPSA) is 105 Å². The number of hydrogen-bond acceptors (Lipinski definition) is 7. The number of aromatic nitrogens is 2. The number of carbonyl (C=O) groups excluding carboxylic acids is 1. The monoisotopic (exact) mass is 508 g/mol. The number of rotatable bonds is 1. The minimum atomic E-state index is -1.03. The molecule has 2 aromatic heterocycles. The zero-order chi connectivity index (χ0) is 25.4. The lowest BCUT2D eigenvalue weighted by atomic mass is 9.85. The molecular weight excluding hydrogens is 476 g/mol. The van der Waals surface area contributed by atoms with Gasteiger partial charge in [-0.1, -0.05) is 32.9 Å². The Morgan fingerprint density at radius 1 is 1.22 bits per heavy atom. The van der Waals surface area contributed by atoms with E-state index in [2.05, 4.69) is 28.5 Å². The largest absolute Gasteiger partial charge is 0.480 e. The fraction of sp³-hybridized carbons (Fsp3) is 0.481. The van der Waals surface area contributed by atoms with E-state index in [9.17, 15) is 14.7 Å². The standard InChI is InChI=1S/C27H32N4O4S/c1-27(2,3)22-24(32)31-14-19(13-21(31)25(33)34)35-23-20-12-16(8-9-17(20)10-11-28-23)6-4-5-7-18-15-36-26(29-18)30-22/h8-12,15,19,21-22H,4-7,13-14H2,1-3H3,(H,29,30)(H,33,34)/t19-,21+,22-/m1/s1. The SMILES string of the molecule is CC(C)(C)[C@@H]1Nc2nc(cs2)CCCCc2ccc3ccnc(c3c2)O[C@@H]2C[C@@H](C(=O)O)N(C2)C1=O. The molecule has 9 heteroatoms. The van der Waals surface area contributed by atoms with Crippen molar-refractivity contribution in [3.8, 4) is 5.88 Å². The lowest BCUT2D eigenvalue weighted by molar-refractivity contribution is -0.149. The summed E-state index contributed by atoms with van der Waals surface area (Å²) in [6, 6.07) is 6.69. The smallest absolute Gasteiger partial charge is 0.326 e. The highest BCUT2D eigenvalue weighted by molar-refractivity contribution is 7.13. The van der Waals surface area contributed by atoms with Gasteiger partial charge in [-0.25, -0.2) is 14.8 Å². The van der Waals surface area contributed by atoms with E-state index in [1.165, 1.54) is 21.8 Å². The van der Waals surface area contributed by atoms with Crippen molar-refractivity contribution in [1.29, 1.82) is 0 Å². The highest BCUT2D eigenvalue weighted by Crippen LogP contribution is 2.32. The molecule has 0 unspecified atom stereocenters. The van der Waals surface area contributed by atoms with Gasteiger partial charge in [-0.3, -0.25) is 4.79 Å². The van der Waals surface area contributed by atoms with Crippen LogP contribution in [0.1, 0.15) is 51.3 Å². The number of amides is 1. The molecule has 4 heterocycles. The highest BCUT2D eigenvalue weighted by atomic mass is 32.1. The Morgan fingerprint density at radius 3 is 2.81 bits per heavy atom. The molecule has 8 nitrogen and oxygen atoms in total. The summed E-state index contributed by atoms with van der Waals surface area (Å²) in [4.78, 5) is 36.7. The second kappa shape index (κ2) is 9.69. The maximum atomic E-state index is 13.8. The van der Waals surface area contributed by atoms with E-state index in [-0.39, 0.29) is 18.9 Å². The van der Waals surface area contributed by atoms with Crippen LogP contribution in [0.15, 0.2) is 35.8 Å². The van der Waals surface area contributed by atoms with E-state index in [4.69, 9.17) is 9.72 Å². The van der Waals surface area contributed by atoms with Crippen molar-refractivity contribution in [2.24, 2.45) is 5.41 Å². The molecule has 2 N–H and O–H groups in total. The molecule has 3 aromatic rings. The number of aryl methyl sites for hydroxylation is 2. The van der Waals surface area contributed by atoms with Gasteiger partial charge in [-0.2, -0.15) is 0 Å². The molecular formula is C27H32N4O4S. The van der Waals surface area contributed by atoms with Crippen molar-refractivity contribution >= 4 is 39.1 Å². The minimum Gasteiger partial charge on any atom is -0.480 e. The summed E-state index contributed by atoms with van der Waals surface area (Å²) in [5.41, 5.74) is 1.76. The molecule has 36 heavy (non-hydrogen) atoms. The Balaban J connectivity index is 1.53. The van der Waals surface area contributed by atoms with E-state index in [1.807, 2.05) is 32.2 Å². The number of thiazole rings is 1. The van der Waals surface area contributed by atoms with Crippen LogP contribution in [-0.2, 0) is 22.4 Å². The first-order valence-electron chi connectivity index (χ1n) is 12.5. The third kappa shape index (κ3) is 5.02. The van der Waals surface area contributed by atoms with E-state index in [1.54, 1.807) is 6.20 Å². The van der Waals surface area contributed by atoms with Crippen molar-refractivity contribution in [2.45, 2.75) is 71.1 Å². The maximum absolute atomic E-state index is 13.8. The fourth-order valence-corrected chi connectivity index (χ4v) is 5.79. The first kappa shape index (κ1) is 24.5. The third-order valence-corrected chi connectivity index (χ3v) is 7.81. The molecule has 1 aromatic carbocycles. The van der Waals surface area contributed by atoms with Crippen LogP contribution in [0.5, 0.6) is 5.88 Å². The van der Waals surface area contributed by atoms with Crippen LogP contribution in [0.4, 0.5) is 5.13 Å². The van der Waals surface area contributed by atoms with E-state index in [0.29, 0.717) is 11.0 Å². The second-order valence-electron chi connectivity index (χ2n) is 10.8. The van der Waals surface area contributed by atoms with Crippen LogP contribution >= 0.6 is 11.3 Å². The summed E-state index contributed by atoms with van der Waals surface area (Å²) in [5, 5.41) is 17.9. The van der Waals surface area contributed by atoms with Crippen molar-refractivity contribution in [3.63, 3.8) is 0 Å². The van der Waals surface area contributed by atoms with Gasteiger partial charge in [0.25, 0.3) is 0 Å². The molecule has 190 valence electrons. The molecule has 0 saturated carbocycles. The summed E-state index contributed by atoms with van der Waals surface area (Å²) in [7, 11) is 0. The van der Waals surface area contributed by atoms with Gasteiger partial charge >= 0.3 is 5.97 Å². The van der Waals surface area contributed by atoms with Crippen molar-refractivity contribution in [3.05, 3.63) is 47.1 Å². The Hall–Kier alpha value is -3.20. The summed E-state index contributed by atoms with van der Waals surface area (Å²) < 4.78 is 6.29. The third-order valence-electron chi connectivity index (χ3n) is 6.98. The van der Waals surface area contributed by atoms with Gasteiger partial charge < -0.3 is 20.1 Å². The van der Waals surface area contributed by atoms with Gasteiger partial charge in [0.15, 0.2) is 5.13 Å². The van der Waals surface area contributed by atoms with E-state index >= 15 is 0 Å². The quantitative estimate of drug-likeness (QED) is 0.498. The number of ether oxygens (including phenoxy) is 1. The van der Waals surface area contributed by atoms with Gasteiger partial charge in [0, 0.05) is 23.4 Å². The summed E-state index contributed by atoms with van der Waals surface area (Å²) in [6.07, 6.45) is 5.29. The van der Waals surface area contributed by atoms with Crippen LogP contribution in [0.25, 0.3) is 10.8 Å². The number of carboxylic acids is 1. The molecule has 1 fully saturated rings. The second-order valence-corrected chi connectivity index (χ2v) is 11.6. The first-order valence-corrected chi connectivity index (χ1v) is 13.4. The lowest BCUT2D eigenvalue weighted by Gasteiger charge is -2.34. The number of nitrogens with one attached hydrogen (secondary N) is 1. The van der Waals surface area contributed by atoms with Gasteiger partial charge in [0.2, 0.25) is 11.8 Å². The number of fused-ring (bicyclic) bond motifs is 5. The van der Waals surface area contributed by atoms with Gasteiger partial charge in [-0.05, 0) is 54.2 Å². The van der Waals surface area contributed by atoms with Crippen molar-refractivity contribution in [1.82, 2.24) is 14.9 Å². The number of hydrogen-bond donors (Lipinski definition) is 2. The molecule has 2 aliphatic heterocycles. The average molecular weight is 509 g/mol. The molecule has 6 bridgehead atoms. The molecule has 3 atom stereocenters. The van der Waals surface area contributed by atoms with E-state index < -0.39 is 29.6 Å². The van der Waals surface area contributed by atoms with Gasteiger partial charge in [0.05, 0.1) is 12.2 Å². The summed E-state index contributed by atoms with van der Waals surface area (Å²) in [6.45, 7) is 6.10. The van der Waals surface area contributed by atoms with Crippen LogP contribution in [0.3, 0.4) is 0 Å².